The lowest BCUT2D eigenvalue weighted by atomic mass is 10.1. The summed E-state index contributed by atoms with van der Waals surface area (Å²) < 4.78 is 54.6. The van der Waals surface area contributed by atoms with Gasteiger partial charge in [-0.05, 0) is 53.6 Å². The van der Waals surface area contributed by atoms with E-state index in [9.17, 15) is 37.7 Å². The van der Waals surface area contributed by atoms with Crippen molar-refractivity contribution >= 4 is 40.6 Å². The van der Waals surface area contributed by atoms with Crippen LogP contribution in [0.25, 0.3) is 6.08 Å². The fourth-order valence-corrected chi connectivity index (χ4v) is 3.96. The topological polar surface area (TPSA) is 125 Å². The molecular formula is C24H21F3N2O8S. The van der Waals surface area contributed by atoms with Crippen molar-refractivity contribution in [2.45, 2.75) is 20.0 Å². The first-order valence-corrected chi connectivity index (χ1v) is 11.7. The van der Waals surface area contributed by atoms with Crippen LogP contribution >= 0.6 is 11.8 Å². The van der Waals surface area contributed by atoms with Crippen LogP contribution in [0.4, 0.5) is 23.7 Å². The Hall–Kier alpha value is -4.07. The minimum Gasteiger partial charge on any atom is -0.493 e. The van der Waals surface area contributed by atoms with Crippen LogP contribution in [0.3, 0.4) is 0 Å². The van der Waals surface area contributed by atoms with E-state index in [0.717, 1.165) is 11.0 Å². The number of nitro benzene ring substituents is 1. The first kappa shape index (κ1) is 28.5. The molecule has 0 aliphatic carbocycles. The predicted molar refractivity (Wildman–Crippen MR) is 130 cm³/mol. The van der Waals surface area contributed by atoms with E-state index >= 15 is 0 Å². The lowest BCUT2D eigenvalue weighted by Gasteiger charge is -2.13. The number of benzene rings is 2. The molecule has 1 heterocycles. The van der Waals surface area contributed by atoms with Gasteiger partial charge < -0.3 is 14.2 Å². The second-order valence-corrected chi connectivity index (χ2v) is 9.29. The maximum Gasteiger partial charge on any atom is 0.416 e. The van der Waals surface area contributed by atoms with Crippen LogP contribution in [0.5, 0.6) is 17.2 Å². The summed E-state index contributed by atoms with van der Waals surface area (Å²) in [7, 11) is 1.27. The fourth-order valence-electron chi connectivity index (χ4n) is 3.12. The van der Waals surface area contributed by atoms with Crippen molar-refractivity contribution in [2.24, 2.45) is 5.92 Å². The molecule has 1 aliphatic rings. The summed E-state index contributed by atoms with van der Waals surface area (Å²) in [5, 5.41) is 10.7. The average molecular weight is 554 g/mol. The minimum absolute atomic E-state index is 0.0285. The summed E-state index contributed by atoms with van der Waals surface area (Å²) in [5.41, 5.74) is -1.73. The molecule has 1 saturated heterocycles. The van der Waals surface area contributed by atoms with Crippen LogP contribution in [0, 0.1) is 16.0 Å². The number of carbonyl (C=O) groups excluding carboxylic acids is 3. The van der Waals surface area contributed by atoms with E-state index in [2.05, 4.69) is 0 Å². The third kappa shape index (κ3) is 6.82. The lowest BCUT2D eigenvalue weighted by molar-refractivity contribution is -0.385. The molecule has 0 atom stereocenters. The molecule has 202 valence electrons. The molecule has 2 aromatic carbocycles. The van der Waals surface area contributed by atoms with Crippen molar-refractivity contribution in [3.63, 3.8) is 0 Å². The molecule has 3 rings (SSSR count). The van der Waals surface area contributed by atoms with E-state index < -0.39 is 51.8 Å². The lowest BCUT2D eigenvalue weighted by Crippen LogP contribution is -2.34. The zero-order valence-corrected chi connectivity index (χ0v) is 21.1. The van der Waals surface area contributed by atoms with E-state index in [-0.39, 0.29) is 28.9 Å². The Labute approximate surface area is 218 Å². The normalized spacial score (nSPS) is 14.8. The number of thioether (sulfide) groups is 1. The van der Waals surface area contributed by atoms with Crippen molar-refractivity contribution < 1.29 is 46.7 Å². The Morgan fingerprint density at radius 2 is 1.82 bits per heavy atom. The molecule has 0 radical (unpaired) electrons. The highest BCUT2D eigenvalue weighted by Crippen LogP contribution is 2.41. The van der Waals surface area contributed by atoms with Gasteiger partial charge in [0.25, 0.3) is 11.1 Å². The van der Waals surface area contributed by atoms with Crippen LogP contribution in [0.1, 0.15) is 25.0 Å². The third-order valence-corrected chi connectivity index (χ3v) is 5.83. The van der Waals surface area contributed by atoms with Gasteiger partial charge in [0.05, 0.1) is 29.1 Å². The number of rotatable bonds is 9. The molecule has 1 aliphatic heterocycles. The van der Waals surface area contributed by atoms with Gasteiger partial charge in [0, 0.05) is 6.07 Å². The fraction of sp³-hybridized carbons (Fsp3) is 0.292. The molecular weight excluding hydrogens is 533 g/mol. The summed E-state index contributed by atoms with van der Waals surface area (Å²) in [6.45, 7) is 3.29. The maximum atomic E-state index is 13.0. The number of methoxy groups -OCH3 is 1. The van der Waals surface area contributed by atoms with Crippen LogP contribution in [-0.4, -0.2) is 47.2 Å². The molecule has 0 aromatic heterocycles. The minimum atomic E-state index is -4.78. The van der Waals surface area contributed by atoms with Crippen molar-refractivity contribution in [3.8, 4) is 17.2 Å². The molecule has 0 N–H and O–H groups in total. The second kappa shape index (κ2) is 11.5. The van der Waals surface area contributed by atoms with E-state index in [1.54, 1.807) is 0 Å². The SMILES string of the molecule is COc1cc(/C=C2/SC(=O)N(CC(=O)OCC(C)C)C2=O)ccc1Oc1ccc(C(F)(F)F)cc1[N+](=O)[O-]. The number of ether oxygens (including phenoxy) is 3. The Morgan fingerprint density at radius 3 is 2.42 bits per heavy atom. The number of nitro groups is 1. The van der Waals surface area contributed by atoms with Crippen molar-refractivity contribution in [2.75, 3.05) is 20.3 Å². The molecule has 2 amide bonds. The van der Waals surface area contributed by atoms with Gasteiger partial charge in [-0.15, -0.1) is 0 Å². The summed E-state index contributed by atoms with van der Waals surface area (Å²) in [6.07, 6.45) is -3.41. The van der Waals surface area contributed by atoms with E-state index in [1.165, 1.54) is 31.4 Å². The van der Waals surface area contributed by atoms with Crippen molar-refractivity contribution in [1.82, 2.24) is 4.90 Å². The molecule has 0 unspecified atom stereocenters. The first-order chi connectivity index (χ1) is 17.8. The van der Waals surface area contributed by atoms with Crippen LogP contribution in [0.15, 0.2) is 41.3 Å². The largest absolute Gasteiger partial charge is 0.493 e. The Bertz CT molecular complexity index is 1310. The van der Waals surface area contributed by atoms with Gasteiger partial charge in [0.1, 0.15) is 6.54 Å². The molecule has 10 nitrogen and oxygen atoms in total. The van der Waals surface area contributed by atoms with Gasteiger partial charge in [-0.2, -0.15) is 13.2 Å². The van der Waals surface area contributed by atoms with Crippen molar-refractivity contribution in [3.05, 3.63) is 62.5 Å². The molecule has 0 spiro atoms. The third-order valence-electron chi connectivity index (χ3n) is 4.93. The monoisotopic (exact) mass is 554 g/mol. The highest BCUT2D eigenvalue weighted by Gasteiger charge is 2.37. The second-order valence-electron chi connectivity index (χ2n) is 8.29. The zero-order valence-electron chi connectivity index (χ0n) is 20.2. The van der Waals surface area contributed by atoms with Gasteiger partial charge >= 0.3 is 17.8 Å². The number of esters is 1. The van der Waals surface area contributed by atoms with Gasteiger partial charge in [0.15, 0.2) is 11.5 Å². The predicted octanol–water partition coefficient (Wildman–Crippen LogP) is 5.65. The van der Waals surface area contributed by atoms with Gasteiger partial charge in [-0.25, -0.2) is 0 Å². The van der Waals surface area contributed by atoms with Gasteiger partial charge in [-0.1, -0.05) is 19.9 Å². The number of halogens is 3. The Kier molecular flexibility index (Phi) is 8.66. The van der Waals surface area contributed by atoms with E-state index in [0.29, 0.717) is 29.5 Å². The Balaban J connectivity index is 1.82. The van der Waals surface area contributed by atoms with Crippen LogP contribution in [0.2, 0.25) is 0 Å². The summed E-state index contributed by atoms with van der Waals surface area (Å²) in [5.74, 6) is -1.78. The molecule has 14 heteroatoms. The number of alkyl halides is 3. The number of hydrogen-bond donors (Lipinski definition) is 0. The number of imide groups is 1. The highest BCUT2D eigenvalue weighted by molar-refractivity contribution is 8.18. The quantitative estimate of drug-likeness (QED) is 0.167. The summed E-state index contributed by atoms with van der Waals surface area (Å²) in [6, 6.07) is 6.02. The van der Waals surface area contributed by atoms with Crippen LogP contribution in [-0.2, 0) is 20.5 Å². The number of nitrogens with zero attached hydrogens (tertiary/aromatic N) is 2. The van der Waals surface area contributed by atoms with E-state index in [1.807, 2.05) is 13.8 Å². The van der Waals surface area contributed by atoms with E-state index in [4.69, 9.17) is 14.2 Å². The average Bonchev–Trinajstić information content (AvgIpc) is 3.10. The maximum absolute atomic E-state index is 13.0. The number of carbonyl (C=O) groups is 3. The van der Waals surface area contributed by atoms with Crippen LogP contribution < -0.4 is 9.47 Å². The molecule has 0 saturated carbocycles. The Morgan fingerprint density at radius 1 is 1.13 bits per heavy atom. The molecule has 1 fully saturated rings. The standard InChI is InChI=1S/C24H21F3N2O8S/c1-13(2)12-36-21(30)11-28-22(31)20(38-23(28)32)9-14-4-6-18(19(8-14)35-3)37-17-7-5-15(24(25,26)27)10-16(17)29(33)34/h4-10,13H,11-12H2,1-3H3/b20-9+. The number of hydrogen-bond acceptors (Lipinski definition) is 9. The smallest absolute Gasteiger partial charge is 0.416 e. The summed E-state index contributed by atoms with van der Waals surface area (Å²) in [4.78, 5) is 48.0. The zero-order chi connectivity index (χ0) is 28.2. The number of amides is 2. The van der Waals surface area contributed by atoms with Gasteiger partial charge in [0.2, 0.25) is 5.75 Å². The first-order valence-electron chi connectivity index (χ1n) is 10.9. The molecule has 2 aromatic rings. The van der Waals surface area contributed by atoms with Crippen molar-refractivity contribution in [1.29, 1.82) is 0 Å². The highest BCUT2D eigenvalue weighted by atomic mass is 32.2. The molecule has 38 heavy (non-hydrogen) atoms. The van der Waals surface area contributed by atoms with Gasteiger partial charge in [-0.3, -0.25) is 29.4 Å². The summed E-state index contributed by atoms with van der Waals surface area (Å²) >= 11 is 0.624. The molecule has 0 bridgehead atoms.